The fraction of sp³-hybridized carbons (Fsp3) is 0.667. The minimum absolute atomic E-state index is 0. The number of likely N-dealkylation sites (N-methyl/N-ethyl adjacent to an activating group) is 2. The van der Waals surface area contributed by atoms with Gasteiger partial charge in [-0.05, 0) is 26.2 Å². The highest BCUT2D eigenvalue weighted by molar-refractivity contribution is 5.11. The first-order valence-corrected chi connectivity index (χ1v) is 7.21. The van der Waals surface area contributed by atoms with E-state index in [2.05, 4.69) is 42.1 Å². The van der Waals surface area contributed by atoms with Gasteiger partial charge >= 0.3 is 1.43 Å². The maximum absolute atomic E-state index is 5.56. The zero-order valence-electron chi connectivity index (χ0n) is 13.5. The monoisotopic (exact) mass is 280 g/mol. The molecule has 20 heavy (non-hydrogen) atoms. The minimum Gasteiger partial charge on any atom is -0.378 e. The van der Waals surface area contributed by atoms with Gasteiger partial charge in [0.2, 0.25) is 0 Å². The largest absolute Gasteiger partial charge is 1.00 e. The average molecular weight is 280 g/mol. The second-order valence-electron chi connectivity index (χ2n) is 5.32. The van der Waals surface area contributed by atoms with Crippen molar-refractivity contribution in [3.8, 4) is 0 Å². The molecule has 2 rings (SSSR count). The molecule has 0 N–H and O–H groups in total. The summed E-state index contributed by atoms with van der Waals surface area (Å²) in [5, 5.41) is 0. The second kappa shape index (κ2) is 8.32. The molecule has 0 aromatic carbocycles. The number of rotatable bonds is 0. The normalized spacial score (nSPS) is 21.1. The standard InChI is InChI=1S/C15H25N3O2/c1-17-6-8-19-10-11-20-9-7-18(2)13-15-5-3-4-14(12-17)16-15/h3-5H,6-13H2,1-2H3/p+1. The molecule has 5 nitrogen and oxygen atoms in total. The number of nitrogens with zero attached hydrogens (tertiary/aromatic N) is 3. The van der Waals surface area contributed by atoms with Gasteiger partial charge in [-0.2, -0.15) is 0 Å². The zero-order valence-corrected chi connectivity index (χ0v) is 12.5. The van der Waals surface area contributed by atoms with Crippen LogP contribution in [0.15, 0.2) is 18.2 Å². The van der Waals surface area contributed by atoms with Crippen molar-refractivity contribution in [3.63, 3.8) is 0 Å². The molecule has 1 aliphatic rings. The van der Waals surface area contributed by atoms with Gasteiger partial charge in [-0.1, -0.05) is 6.07 Å². The maximum Gasteiger partial charge on any atom is 1.00 e. The van der Waals surface area contributed by atoms with Crippen molar-refractivity contribution in [1.82, 2.24) is 14.8 Å². The fourth-order valence-electron chi connectivity index (χ4n) is 2.18. The van der Waals surface area contributed by atoms with E-state index >= 15 is 0 Å². The van der Waals surface area contributed by atoms with Crippen LogP contribution in [0.2, 0.25) is 0 Å². The van der Waals surface area contributed by atoms with Crippen LogP contribution in [0, 0.1) is 0 Å². The average Bonchev–Trinajstić information content (AvgIpc) is 2.41. The molecule has 112 valence electrons. The number of fused-ring (bicyclic) bond motifs is 2. The molecule has 0 saturated heterocycles. The molecule has 0 atom stereocenters. The molecule has 0 fully saturated rings. The summed E-state index contributed by atoms with van der Waals surface area (Å²) in [7, 11) is 4.19. The fourth-order valence-corrected chi connectivity index (χ4v) is 2.18. The number of aromatic nitrogens is 1. The van der Waals surface area contributed by atoms with Crippen LogP contribution < -0.4 is 0 Å². The lowest BCUT2D eigenvalue weighted by atomic mass is 10.2. The number of pyridine rings is 1. The third kappa shape index (κ3) is 5.54. The van der Waals surface area contributed by atoms with Crippen LogP contribution in [-0.2, 0) is 22.6 Å². The van der Waals surface area contributed by atoms with Gasteiger partial charge in [-0.25, -0.2) is 0 Å². The van der Waals surface area contributed by atoms with Crippen molar-refractivity contribution < 1.29 is 10.9 Å². The van der Waals surface area contributed by atoms with E-state index in [0.29, 0.717) is 13.2 Å². The minimum atomic E-state index is 0. The molecule has 5 heteroatoms. The topological polar surface area (TPSA) is 37.8 Å². The van der Waals surface area contributed by atoms with Crippen molar-refractivity contribution in [2.75, 3.05) is 53.6 Å². The quantitative estimate of drug-likeness (QED) is 0.711. The highest BCUT2D eigenvalue weighted by Crippen LogP contribution is 2.05. The van der Waals surface area contributed by atoms with Gasteiger partial charge in [0, 0.05) is 26.2 Å². The van der Waals surface area contributed by atoms with Crippen LogP contribution in [-0.4, -0.2) is 68.4 Å². The molecular weight excluding hydrogens is 254 g/mol. The van der Waals surface area contributed by atoms with Crippen LogP contribution in [0.1, 0.15) is 12.8 Å². The molecule has 0 radical (unpaired) electrons. The van der Waals surface area contributed by atoms with E-state index in [0.717, 1.165) is 50.8 Å². The van der Waals surface area contributed by atoms with E-state index < -0.39 is 0 Å². The summed E-state index contributed by atoms with van der Waals surface area (Å²) in [5.41, 5.74) is 2.23. The summed E-state index contributed by atoms with van der Waals surface area (Å²) in [5.74, 6) is 0. The van der Waals surface area contributed by atoms with Gasteiger partial charge in [0.15, 0.2) is 0 Å². The Bertz CT molecular complexity index is 373. The van der Waals surface area contributed by atoms with Crippen molar-refractivity contribution >= 4 is 0 Å². The van der Waals surface area contributed by atoms with Gasteiger partial charge < -0.3 is 9.47 Å². The molecule has 0 aliphatic carbocycles. The molecule has 0 unspecified atom stereocenters. The SMILES string of the molecule is CN1CCOCCOCCN(C)Cc2cccc(n2)C1.[H+]. The predicted molar refractivity (Wildman–Crippen MR) is 79.7 cm³/mol. The summed E-state index contributed by atoms with van der Waals surface area (Å²) in [4.78, 5) is 9.18. The lowest BCUT2D eigenvalue weighted by Gasteiger charge is -2.17. The maximum atomic E-state index is 5.56. The van der Waals surface area contributed by atoms with Crippen molar-refractivity contribution in [1.29, 1.82) is 0 Å². The summed E-state index contributed by atoms with van der Waals surface area (Å²) < 4.78 is 11.1. The number of ether oxygens (including phenoxy) is 2. The first-order chi connectivity index (χ1) is 9.74. The van der Waals surface area contributed by atoms with Crippen molar-refractivity contribution in [2.45, 2.75) is 13.1 Å². The Kier molecular flexibility index (Phi) is 6.39. The number of hydrogen-bond acceptors (Lipinski definition) is 5. The van der Waals surface area contributed by atoms with Gasteiger partial charge in [-0.15, -0.1) is 0 Å². The van der Waals surface area contributed by atoms with Crippen molar-refractivity contribution in [2.24, 2.45) is 0 Å². The highest BCUT2D eigenvalue weighted by atomic mass is 16.5. The Morgan fingerprint density at radius 2 is 1.40 bits per heavy atom. The molecule has 1 aliphatic heterocycles. The van der Waals surface area contributed by atoms with E-state index in [1.54, 1.807) is 0 Å². The van der Waals surface area contributed by atoms with Gasteiger partial charge in [0.05, 0.1) is 37.8 Å². The molecule has 2 bridgehead atoms. The summed E-state index contributed by atoms with van der Waals surface area (Å²) in [6, 6.07) is 6.26. The molecule has 0 amide bonds. The van der Waals surface area contributed by atoms with Crippen LogP contribution in [0.4, 0.5) is 0 Å². The lowest BCUT2D eigenvalue weighted by Crippen LogP contribution is -2.24. The van der Waals surface area contributed by atoms with E-state index in [-0.39, 0.29) is 1.43 Å². The van der Waals surface area contributed by atoms with Gasteiger partial charge in [0.25, 0.3) is 0 Å². The summed E-state index contributed by atoms with van der Waals surface area (Å²) in [6.07, 6.45) is 0. The van der Waals surface area contributed by atoms with Gasteiger partial charge in [0.1, 0.15) is 0 Å². The molecule has 1 aromatic heterocycles. The molecule has 0 spiro atoms. The Morgan fingerprint density at radius 3 is 1.90 bits per heavy atom. The first-order valence-electron chi connectivity index (χ1n) is 7.21. The Balaban J connectivity index is 0.00000220. The Hall–Kier alpha value is -1.01. The third-order valence-electron chi connectivity index (χ3n) is 3.33. The van der Waals surface area contributed by atoms with E-state index in [4.69, 9.17) is 14.5 Å². The zero-order chi connectivity index (χ0) is 14.2. The van der Waals surface area contributed by atoms with Crippen LogP contribution in [0.25, 0.3) is 0 Å². The summed E-state index contributed by atoms with van der Waals surface area (Å²) in [6.45, 7) is 6.35. The Morgan fingerprint density at radius 1 is 0.900 bits per heavy atom. The van der Waals surface area contributed by atoms with E-state index in [1.165, 1.54) is 0 Å². The predicted octanol–water partition coefficient (Wildman–Crippen LogP) is 1.10. The van der Waals surface area contributed by atoms with E-state index in [1.807, 2.05) is 0 Å². The lowest BCUT2D eigenvalue weighted by molar-refractivity contribution is 0.0343. The third-order valence-corrected chi connectivity index (χ3v) is 3.33. The summed E-state index contributed by atoms with van der Waals surface area (Å²) >= 11 is 0. The molecule has 0 saturated carbocycles. The van der Waals surface area contributed by atoms with E-state index in [9.17, 15) is 0 Å². The smallest absolute Gasteiger partial charge is 0.378 e. The first kappa shape index (κ1) is 15.4. The van der Waals surface area contributed by atoms with Crippen LogP contribution >= 0.6 is 0 Å². The molecule has 2 heterocycles. The number of hydrogen-bond donors (Lipinski definition) is 0. The Labute approximate surface area is 123 Å². The van der Waals surface area contributed by atoms with Crippen LogP contribution in [0.3, 0.4) is 0 Å². The second-order valence-corrected chi connectivity index (χ2v) is 5.32. The van der Waals surface area contributed by atoms with Gasteiger partial charge in [-0.3, -0.25) is 14.8 Å². The highest BCUT2D eigenvalue weighted by Gasteiger charge is 2.06. The molecular formula is C15H26N3O2+. The van der Waals surface area contributed by atoms with Crippen LogP contribution in [0.5, 0.6) is 0 Å². The van der Waals surface area contributed by atoms with Crippen molar-refractivity contribution in [3.05, 3.63) is 29.6 Å². The molecule has 1 aromatic rings.